The van der Waals surface area contributed by atoms with Crippen molar-refractivity contribution in [3.63, 3.8) is 0 Å². The van der Waals surface area contributed by atoms with Gasteiger partial charge in [-0.15, -0.1) is 0 Å². The van der Waals surface area contributed by atoms with E-state index in [-0.39, 0.29) is 0 Å². The number of rotatable bonds is 0. The molecule has 0 unspecified atom stereocenters. The Bertz CT molecular complexity index is 503. The minimum Gasteiger partial charge on any atom is -0.256 e. The first kappa shape index (κ1) is 9.47. The number of aryl methyl sites for hydroxylation is 3. The summed E-state index contributed by atoms with van der Waals surface area (Å²) in [5.74, 6) is 0. The summed E-state index contributed by atoms with van der Waals surface area (Å²) >= 11 is 6.21. The van der Waals surface area contributed by atoms with Crippen molar-refractivity contribution in [2.75, 3.05) is 0 Å². The van der Waals surface area contributed by atoms with E-state index < -0.39 is 0 Å². The molecule has 2 heteroatoms. The topological polar surface area (TPSA) is 12.9 Å². The van der Waals surface area contributed by atoms with Gasteiger partial charge in [0.1, 0.15) is 0 Å². The van der Waals surface area contributed by atoms with Gasteiger partial charge in [0, 0.05) is 11.6 Å². The zero-order chi connectivity index (χ0) is 10.3. The minimum atomic E-state index is 0.818. The first-order valence-electron chi connectivity index (χ1n) is 4.61. The largest absolute Gasteiger partial charge is 0.256 e. The Hall–Kier alpha value is -1.08. The highest BCUT2D eigenvalue weighted by atomic mass is 35.5. The summed E-state index contributed by atoms with van der Waals surface area (Å²) in [5.41, 5.74) is 4.52. The Morgan fingerprint density at radius 2 is 1.64 bits per heavy atom. The summed E-state index contributed by atoms with van der Waals surface area (Å²) in [6, 6.07) is 4.18. The summed E-state index contributed by atoms with van der Waals surface area (Å²) < 4.78 is 0. The van der Waals surface area contributed by atoms with Crippen LogP contribution in [-0.4, -0.2) is 4.98 Å². The Labute approximate surface area is 88.7 Å². The van der Waals surface area contributed by atoms with Crippen LogP contribution < -0.4 is 0 Å². The molecule has 0 saturated heterocycles. The van der Waals surface area contributed by atoms with Gasteiger partial charge >= 0.3 is 0 Å². The van der Waals surface area contributed by atoms with Gasteiger partial charge in [0.15, 0.2) is 0 Å². The summed E-state index contributed by atoms with van der Waals surface area (Å²) in [5, 5.41) is 1.87. The average molecular weight is 206 g/mol. The molecule has 1 nitrogen and oxygen atoms in total. The van der Waals surface area contributed by atoms with Crippen molar-refractivity contribution in [1.29, 1.82) is 0 Å². The lowest BCUT2D eigenvalue weighted by atomic mass is 10.1. The van der Waals surface area contributed by atoms with E-state index in [1.807, 2.05) is 13.1 Å². The van der Waals surface area contributed by atoms with Gasteiger partial charge in [0.25, 0.3) is 0 Å². The van der Waals surface area contributed by atoms with Crippen LogP contribution >= 0.6 is 11.6 Å². The molecular weight excluding hydrogens is 194 g/mol. The molecule has 14 heavy (non-hydrogen) atoms. The van der Waals surface area contributed by atoms with Gasteiger partial charge in [-0.1, -0.05) is 11.6 Å². The Morgan fingerprint density at radius 3 is 2.36 bits per heavy atom. The van der Waals surface area contributed by atoms with E-state index in [2.05, 4.69) is 31.0 Å². The normalized spacial score (nSPS) is 10.9. The third-order valence-corrected chi connectivity index (χ3v) is 3.09. The van der Waals surface area contributed by atoms with E-state index in [0.29, 0.717) is 0 Å². The Balaban J connectivity index is 2.89. The lowest BCUT2D eigenvalue weighted by Crippen LogP contribution is -1.87. The second-order valence-electron chi connectivity index (χ2n) is 3.71. The Morgan fingerprint density at radius 1 is 1.00 bits per heavy atom. The number of benzene rings is 1. The SMILES string of the molecule is Cc1cc2ncc(C)c(Cl)c2cc1C. The molecule has 0 saturated carbocycles. The number of nitrogens with zero attached hydrogens (tertiary/aromatic N) is 1. The minimum absolute atomic E-state index is 0.818. The molecule has 0 aliphatic heterocycles. The van der Waals surface area contributed by atoms with Gasteiger partial charge < -0.3 is 0 Å². The van der Waals surface area contributed by atoms with Gasteiger partial charge in [-0.05, 0) is 49.6 Å². The summed E-state index contributed by atoms with van der Waals surface area (Å²) in [4.78, 5) is 4.36. The fourth-order valence-electron chi connectivity index (χ4n) is 1.52. The Kier molecular flexibility index (Phi) is 2.20. The van der Waals surface area contributed by atoms with Crippen molar-refractivity contribution in [3.8, 4) is 0 Å². The number of pyridine rings is 1. The maximum atomic E-state index is 6.21. The third-order valence-electron chi connectivity index (χ3n) is 2.59. The maximum Gasteiger partial charge on any atom is 0.0719 e. The van der Waals surface area contributed by atoms with Gasteiger partial charge in [-0.25, -0.2) is 0 Å². The predicted molar refractivity (Wildman–Crippen MR) is 61.0 cm³/mol. The van der Waals surface area contributed by atoms with E-state index >= 15 is 0 Å². The van der Waals surface area contributed by atoms with Crippen molar-refractivity contribution in [3.05, 3.63) is 40.0 Å². The second kappa shape index (κ2) is 3.25. The first-order valence-corrected chi connectivity index (χ1v) is 4.99. The fourth-order valence-corrected chi connectivity index (χ4v) is 1.72. The molecule has 0 spiro atoms. The molecule has 1 heterocycles. The van der Waals surface area contributed by atoms with Crippen molar-refractivity contribution in [2.24, 2.45) is 0 Å². The molecule has 72 valence electrons. The summed E-state index contributed by atoms with van der Waals surface area (Å²) in [6.07, 6.45) is 1.82. The molecule has 2 rings (SSSR count). The molecule has 1 aromatic heterocycles. The molecule has 0 N–H and O–H groups in total. The smallest absolute Gasteiger partial charge is 0.0719 e. The lowest BCUT2D eigenvalue weighted by molar-refractivity contribution is 1.30. The summed E-state index contributed by atoms with van der Waals surface area (Å²) in [7, 11) is 0. The highest BCUT2D eigenvalue weighted by Gasteiger charge is 2.04. The van der Waals surface area contributed by atoms with Crippen LogP contribution in [0.5, 0.6) is 0 Å². The van der Waals surface area contributed by atoms with Gasteiger partial charge in [0.2, 0.25) is 0 Å². The zero-order valence-corrected chi connectivity index (χ0v) is 9.31. The molecule has 0 fully saturated rings. The van der Waals surface area contributed by atoms with Crippen LogP contribution in [0.2, 0.25) is 5.02 Å². The van der Waals surface area contributed by atoms with E-state index in [0.717, 1.165) is 21.5 Å². The zero-order valence-electron chi connectivity index (χ0n) is 8.56. The predicted octanol–water partition coefficient (Wildman–Crippen LogP) is 3.81. The molecular formula is C12H12ClN. The fraction of sp³-hybridized carbons (Fsp3) is 0.250. The number of fused-ring (bicyclic) bond motifs is 1. The molecule has 0 atom stereocenters. The van der Waals surface area contributed by atoms with Crippen LogP contribution in [0.3, 0.4) is 0 Å². The van der Waals surface area contributed by atoms with Crippen LogP contribution in [0.4, 0.5) is 0 Å². The lowest BCUT2D eigenvalue weighted by Gasteiger charge is -2.06. The van der Waals surface area contributed by atoms with Crippen LogP contribution in [0.1, 0.15) is 16.7 Å². The molecule has 0 aliphatic rings. The average Bonchev–Trinajstić information content (AvgIpc) is 2.15. The van der Waals surface area contributed by atoms with Crippen molar-refractivity contribution in [1.82, 2.24) is 4.98 Å². The van der Waals surface area contributed by atoms with E-state index in [4.69, 9.17) is 11.6 Å². The highest BCUT2D eigenvalue weighted by molar-refractivity contribution is 6.36. The van der Waals surface area contributed by atoms with E-state index in [1.165, 1.54) is 11.1 Å². The maximum absolute atomic E-state index is 6.21. The quantitative estimate of drug-likeness (QED) is 0.637. The van der Waals surface area contributed by atoms with Crippen molar-refractivity contribution in [2.45, 2.75) is 20.8 Å². The second-order valence-corrected chi connectivity index (χ2v) is 4.09. The monoisotopic (exact) mass is 205 g/mol. The van der Waals surface area contributed by atoms with Gasteiger partial charge in [-0.3, -0.25) is 4.98 Å². The first-order chi connectivity index (χ1) is 6.59. The molecule has 0 aliphatic carbocycles. The number of halogens is 1. The van der Waals surface area contributed by atoms with Crippen LogP contribution in [-0.2, 0) is 0 Å². The van der Waals surface area contributed by atoms with Gasteiger partial charge in [0.05, 0.1) is 10.5 Å². The number of hydrogen-bond acceptors (Lipinski definition) is 1. The van der Waals surface area contributed by atoms with Crippen LogP contribution in [0, 0.1) is 20.8 Å². The van der Waals surface area contributed by atoms with Crippen LogP contribution in [0.25, 0.3) is 10.9 Å². The van der Waals surface area contributed by atoms with E-state index in [1.54, 1.807) is 0 Å². The standard InChI is InChI=1S/C12H12ClN/c1-7-4-10-11(5-8(7)2)14-6-9(3)12(10)13/h4-6H,1-3H3. The summed E-state index contributed by atoms with van der Waals surface area (Å²) in [6.45, 7) is 6.15. The molecule has 0 bridgehead atoms. The number of hydrogen-bond donors (Lipinski definition) is 0. The van der Waals surface area contributed by atoms with E-state index in [9.17, 15) is 0 Å². The van der Waals surface area contributed by atoms with Crippen molar-refractivity contribution >= 4 is 22.5 Å². The van der Waals surface area contributed by atoms with Gasteiger partial charge in [-0.2, -0.15) is 0 Å². The molecule has 0 amide bonds. The van der Waals surface area contributed by atoms with Crippen molar-refractivity contribution < 1.29 is 0 Å². The molecule has 1 aromatic carbocycles. The number of aromatic nitrogens is 1. The molecule has 0 radical (unpaired) electrons. The third kappa shape index (κ3) is 1.38. The highest BCUT2D eigenvalue weighted by Crippen LogP contribution is 2.27. The van der Waals surface area contributed by atoms with Crippen LogP contribution in [0.15, 0.2) is 18.3 Å². The molecule has 2 aromatic rings.